The third-order valence-corrected chi connectivity index (χ3v) is 4.80. The SMILES string of the molecule is COc1nc(N2CCNCC2)nc(N2CCSCC2)c1C#N. The summed E-state index contributed by atoms with van der Waals surface area (Å²) in [6, 6.07) is 2.21. The largest absolute Gasteiger partial charge is 0.480 e. The van der Waals surface area contributed by atoms with Crippen molar-refractivity contribution in [2.45, 2.75) is 0 Å². The lowest BCUT2D eigenvalue weighted by molar-refractivity contribution is 0.394. The summed E-state index contributed by atoms with van der Waals surface area (Å²) >= 11 is 1.93. The summed E-state index contributed by atoms with van der Waals surface area (Å²) < 4.78 is 5.35. The quantitative estimate of drug-likeness (QED) is 0.853. The Labute approximate surface area is 134 Å². The van der Waals surface area contributed by atoms with E-state index in [0.717, 1.165) is 50.8 Å². The van der Waals surface area contributed by atoms with Crippen molar-refractivity contribution < 1.29 is 4.74 Å². The molecule has 2 aliphatic heterocycles. The number of thioether (sulfide) groups is 1. The van der Waals surface area contributed by atoms with Crippen LogP contribution in [0.1, 0.15) is 5.56 Å². The summed E-state index contributed by atoms with van der Waals surface area (Å²) in [5.41, 5.74) is 0.438. The summed E-state index contributed by atoms with van der Waals surface area (Å²) in [5, 5.41) is 12.8. The van der Waals surface area contributed by atoms with Crippen molar-refractivity contribution in [3.63, 3.8) is 0 Å². The standard InChI is InChI=1S/C14H20N6OS/c1-21-13-11(10-15)12(19-6-8-22-9-7-19)17-14(18-13)20-4-2-16-3-5-20/h16H,2-9H2,1H3. The molecule has 0 bridgehead atoms. The molecule has 1 aromatic rings. The molecule has 7 nitrogen and oxygen atoms in total. The van der Waals surface area contributed by atoms with Gasteiger partial charge in [0.25, 0.3) is 0 Å². The molecule has 2 saturated heterocycles. The molecule has 1 aromatic heterocycles. The van der Waals surface area contributed by atoms with Crippen LogP contribution in [0, 0.1) is 11.3 Å². The van der Waals surface area contributed by atoms with Crippen LogP contribution >= 0.6 is 11.8 Å². The molecule has 0 atom stereocenters. The molecule has 22 heavy (non-hydrogen) atoms. The zero-order valence-electron chi connectivity index (χ0n) is 12.7. The maximum atomic E-state index is 9.50. The molecular formula is C14H20N6OS. The van der Waals surface area contributed by atoms with E-state index in [0.29, 0.717) is 23.2 Å². The van der Waals surface area contributed by atoms with E-state index in [9.17, 15) is 5.26 Å². The second kappa shape index (κ2) is 7.03. The van der Waals surface area contributed by atoms with Crippen LogP contribution in [0.4, 0.5) is 11.8 Å². The van der Waals surface area contributed by atoms with Gasteiger partial charge in [0, 0.05) is 50.8 Å². The normalized spacial score (nSPS) is 18.9. The number of piperazine rings is 1. The number of anilines is 2. The smallest absolute Gasteiger partial charge is 0.238 e. The lowest BCUT2D eigenvalue weighted by Gasteiger charge is -2.31. The minimum absolute atomic E-state index is 0.374. The monoisotopic (exact) mass is 320 g/mol. The molecule has 2 aliphatic rings. The van der Waals surface area contributed by atoms with E-state index in [4.69, 9.17) is 9.72 Å². The second-order valence-corrected chi connectivity index (χ2v) is 6.40. The molecule has 0 saturated carbocycles. The molecule has 0 amide bonds. The van der Waals surface area contributed by atoms with E-state index in [-0.39, 0.29) is 0 Å². The van der Waals surface area contributed by atoms with E-state index in [1.165, 1.54) is 0 Å². The van der Waals surface area contributed by atoms with E-state index in [2.05, 4.69) is 26.2 Å². The van der Waals surface area contributed by atoms with Crippen molar-refractivity contribution in [1.29, 1.82) is 5.26 Å². The van der Waals surface area contributed by atoms with Gasteiger partial charge in [-0.05, 0) is 0 Å². The van der Waals surface area contributed by atoms with E-state index in [1.54, 1.807) is 7.11 Å². The molecule has 1 N–H and O–H groups in total. The zero-order chi connectivity index (χ0) is 15.4. The number of aromatic nitrogens is 2. The molecule has 0 unspecified atom stereocenters. The van der Waals surface area contributed by atoms with E-state index in [1.807, 2.05) is 11.8 Å². The fraction of sp³-hybridized carbons (Fsp3) is 0.643. The second-order valence-electron chi connectivity index (χ2n) is 5.18. The predicted molar refractivity (Wildman–Crippen MR) is 87.9 cm³/mol. The van der Waals surface area contributed by atoms with Crippen LogP contribution in [-0.4, -0.2) is 67.9 Å². The fourth-order valence-electron chi connectivity index (χ4n) is 2.67. The van der Waals surface area contributed by atoms with Crippen LogP contribution in [0.25, 0.3) is 0 Å². The van der Waals surface area contributed by atoms with Gasteiger partial charge in [0.05, 0.1) is 7.11 Å². The van der Waals surface area contributed by atoms with Gasteiger partial charge in [-0.2, -0.15) is 27.0 Å². The van der Waals surface area contributed by atoms with Gasteiger partial charge < -0.3 is 19.9 Å². The van der Waals surface area contributed by atoms with Crippen LogP contribution in [0.5, 0.6) is 5.88 Å². The first-order chi connectivity index (χ1) is 10.8. The van der Waals surface area contributed by atoms with Crippen LogP contribution in [0.2, 0.25) is 0 Å². The Balaban J connectivity index is 1.99. The Morgan fingerprint density at radius 3 is 2.50 bits per heavy atom. The van der Waals surface area contributed by atoms with Crippen molar-refractivity contribution in [3.05, 3.63) is 5.56 Å². The van der Waals surface area contributed by atoms with Gasteiger partial charge in [-0.15, -0.1) is 0 Å². The minimum atomic E-state index is 0.374. The van der Waals surface area contributed by atoms with Crippen LogP contribution < -0.4 is 19.9 Å². The number of nitrogens with zero attached hydrogens (tertiary/aromatic N) is 5. The molecule has 3 heterocycles. The average Bonchev–Trinajstić information content (AvgIpc) is 2.62. The maximum absolute atomic E-state index is 9.50. The van der Waals surface area contributed by atoms with Crippen molar-refractivity contribution in [2.75, 3.05) is 67.7 Å². The number of hydrogen-bond acceptors (Lipinski definition) is 8. The molecule has 0 spiro atoms. The molecule has 3 rings (SSSR count). The van der Waals surface area contributed by atoms with Crippen LogP contribution in [0.3, 0.4) is 0 Å². The Morgan fingerprint density at radius 2 is 1.86 bits per heavy atom. The summed E-state index contributed by atoms with van der Waals surface area (Å²) in [6.07, 6.45) is 0. The number of nitriles is 1. The van der Waals surface area contributed by atoms with Crippen LogP contribution in [0.15, 0.2) is 0 Å². The van der Waals surface area contributed by atoms with E-state index >= 15 is 0 Å². The molecule has 0 aliphatic carbocycles. The fourth-order valence-corrected chi connectivity index (χ4v) is 3.58. The van der Waals surface area contributed by atoms with Crippen molar-refractivity contribution in [2.24, 2.45) is 0 Å². The Kier molecular flexibility index (Phi) is 4.85. The number of ether oxygens (including phenoxy) is 1. The predicted octanol–water partition coefficient (Wildman–Crippen LogP) is 0.320. The van der Waals surface area contributed by atoms with E-state index < -0.39 is 0 Å². The minimum Gasteiger partial charge on any atom is -0.480 e. The first-order valence-corrected chi connectivity index (χ1v) is 8.63. The number of nitrogens with one attached hydrogen (secondary N) is 1. The highest BCUT2D eigenvalue weighted by Crippen LogP contribution is 2.29. The third kappa shape index (κ3) is 3.05. The highest BCUT2D eigenvalue weighted by atomic mass is 32.2. The highest BCUT2D eigenvalue weighted by Gasteiger charge is 2.24. The molecule has 8 heteroatoms. The summed E-state index contributed by atoms with van der Waals surface area (Å²) in [6.45, 7) is 5.37. The molecule has 118 valence electrons. The van der Waals surface area contributed by atoms with Crippen molar-refractivity contribution in [1.82, 2.24) is 15.3 Å². The average molecular weight is 320 g/mol. The Morgan fingerprint density at radius 1 is 1.14 bits per heavy atom. The lowest BCUT2D eigenvalue weighted by atomic mass is 10.3. The first kappa shape index (κ1) is 15.2. The van der Waals surface area contributed by atoms with Gasteiger partial charge in [0.2, 0.25) is 11.8 Å². The number of rotatable bonds is 3. The molecule has 0 radical (unpaired) electrons. The highest BCUT2D eigenvalue weighted by molar-refractivity contribution is 7.99. The van der Waals surface area contributed by atoms with Crippen molar-refractivity contribution in [3.8, 4) is 11.9 Å². The van der Waals surface area contributed by atoms with Gasteiger partial charge in [-0.1, -0.05) is 0 Å². The van der Waals surface area contributed by atoms with Crippen LogP contribution in [-0.2, 0) is 0 Å². The van der Waals surface area contributed by atoms with Gasteiger partial charge in [-0.25, -0.2) is 0 Å². The molecular weight excluding hydrogens is 300 g/mol. The molecule has 0 aromatic carbocycles. The Hall–Kier alpha value is -1.72. The van der Waals surface area contributed by atoms with Gasteiger partial charge >= 0.3 is 0 Å². The van der Waals surface area contributed by atoms with Gasteiger partial charge in [-0.3, -0.25) is 0 Å². The third-order valence-electron chi connectivity index (χ3n) is 3.86. The zero-order valence-corrected chi connectivity index (χ0v) is 13.5. The van der Waals surface area contributed by atoms with Gasteiger partial charge in [0.15, 0.2) is 11.4 Å². The summed E-state index contributed by atoms with van der Waals surface area (Å²) in [4.78, 5) is 13.5. The molecule has 2 fully saturated rings. The topological polar surface area (TPSA) is 77.3 Å². The first-order valence-electron chi connectivity index (χ1n) is 7.48. The van der Waals surface area contributed by atoms with Gasteiger partial charge in [0.1, 0.15) is 6.07 Å². The lowest BCUT2D eigenvalue weighted by Crippen LogP contribution is -2.44. The Bertz CT molecular complexity index is 563. The summed E-state index contributed by atoms with van der Waals surface area (Å²) in [5.74, 6) is 3.85. The van der Waals surface area contributed by atoms with Crippen molar-refractivity contribution >= 4 is 23.5 Å². The number of methoxy groups -OCH3 is 1. The maximum Gasteiger partial charge on any atom is 0.238 e. The summed E-state index contributed by atoms with van der Waals surface area (Å²) in [7, 11) is 1.56. The number of hydrogen-bond donors (Lipinski definition) is 1.